The quantitative estimate of drug-likeness (QED) is 0.331. The highest BCUT2D eigenvalue weighted by molar-refractivity contribution is 14.1. The zero-order valence-corrected chi connectivity index (χ0v) is 21.5. The summed E-state index contributed by atoms with van der Waals surface area (Å²) in [7, 11) is 0. The van der Waals surface area contributed by atoms with Crippen LogP contribution in [0.25, 0.3) is 0 Å². The Hall–Kier alpha value is 0.0600. The van der Waals surface area contributed by atoms with Gasteiger partial charge in [-0.15, -0.1) is 0 Å². The van der Waals surface area contributed by atoms with Crippen LogP contribution in [0.3, 0.4) is 0 Å². The van der Waals surface area contributed by atoms with Crippen LogP contribution in [-0.4, -0.2) is 34.0 Å². The average Bonchev–Trinajstić information content (AvgIpc) is 3.08. The molecule has 31 heavy (non-hydrogen) atoms. The van der Waals surface area contributed by atoms with Crippen molar-refractivity contribution in [1.82, 2.24) is 5.32 Å². The van der Waals surface area contributed by atoms with Crippen molar-refractivity contribution in [3.05, 3.63) is 11.6 Å². The normalized spacial score (nSPS) is 61.7. The summed E-state index contributed by atoms with van der Waals surface area (Å²) in [6, 6.07) is 0.544. The third kappa shape index (κ3) is 2.27. The van der Waals surface area contributed by atoms with E-state index in [1.807, 2.05) is 0 Å². The molecule has 3 nitrogen and oxygen atoms in total. The number of carbonyl (C=O) groups excluding carboxylic acids is 1. The number of hydrogen-bond acceptors (Lipinski definition) is 3. The molecule has 0 radical (unpaired) electrons. The van der Waals surface area contributed by atoms with Crippen molar-refractivity contribution in [2.24, 2.45) is 39.9 Å². The molecule has 2 heterocycles. The number of hydrogen-bond donors (Lipinski definition) is 1. The van der Waals surface area contributed by atoms with Crippen LogP contribution in [0.15, 0.2) is 11.6 Å². The van der Waals surface area contributed by atoms with Crippen LogP contribution in [0, 0.1) is 39.9 Å². The van der Waals surface area contributed by atoms with Crippen molar-refractivity contribution in [3.8, 4) is 0 Å². The first-order valence-corrected chi connectivity index (χ1v) is 14.3. The highest BCUT2D eigenvalue weighted by Crippen LogP contribution is 2.87. The molecular weight excluding hydrogens is 497 g/mol. The van der Waals surface area contributed by atoms with E-state index in [9.17, 15) is 4.79 Å². The third-order valence-electron chi connectivity index (χ3n) is 12.1. The molecule has 2 unspecified atom stereocenters. The lowest BCUT2D eigenvalue weighted by molar-refractivity contribution is -0.130. The van der Waals surface area contributed by atoms with Gasteiger partial charge in [-0.1, -0.05) is 48.9 Å². The van der Waals surface area contributed by atoms with E-state index < -0.39 is 0 Å². The lowest BCUT2D eigenvalue weighted by atomic mass is 9.56. The number of fused-ring (bicyclic) bond motifs is 6. The molecular formula is C27H38INO2. The van der Waals surface area contributed by atoms with Gasteiger partial charge in [0.05, 0.1) is 15.6 Å². The molecule has 1 N–H and O–H groups in total. The fourth-order valence-corrected chi connectivity index (χ4v) is 12.3. The molecule has 170 valence electrons. The summed E-state index contributed by atoms with van der Waals surface area (Å²) in [6.07, 6.45) is 13.5. The Morgan fingerprint density at radius 2 is 2.00 bits per heavy atom. The Morgan fingerprint density at radius 3 is 2.84 bits per heavy atom. The molecule has 11 atom stereocenters. The monoisotopic (exact) mass is 535 g/mol. The van der Waals surface area contributed by atoms with Gasteiger partial charge in [-0.3, -0.25) is 4.79 Å². The molecule has 2 spiro atoms. The predicted octanol–water partition coefficient (Wildman–Crippen LogP) is 5.46. The van der Waals surface area contributed by atoms with E-state index in [4.69, 9.17) is 4.74 Å². The predicted molar refractivity (Wildman–Crippen MR) is 130 cm³/mol. The van der Waals surface area contributed by atoms with Crippen molar-refractivity contribution < 1.29 is 9.53 Å². The van der Waals surface area contributed by atoms with Crippen LogP contribution in [0.4, 0.5) is 0 Å². The fraction of sp³-hybridized carbons (Fsp3) is 0.889. The highest BCUT2D eigenvalue weighted by atomic mass is 127. The van der Waals surface area contributed by atoms with E-state index in [1.54, 1.807) is 0 Å². The number of rotatable bonds is 0. The van der Waals surface area contributed by atoms with Gasteiger partial charge in [-0.2, -0.15) is 0 Å². The van der Waals surface area contributed by atoms with Crippen LogP contribution in [-0.2, 0) is 9.53 Å². The molecule has 2 aliphatic heterocycles. The fourth-order valence-electron chi connectivity index (χ4n) is 10.5. The summed E-state index contributed by atoms with van der Waals surface area (Å²) in [4.78, 5) is 12.2. The van der Waals surface area contributed by atoms with Crippen molar-refractivity contribution in [3.63, 3.8) is 0 Å². The Labute approximate surface area is 201 Å². The van der Waals surface area contributed by atoms with E-state index in [1.165, 1.54) is 50.5 Å². The number of allylic oxidation sites excluding steroid dienone is 2. The number of alkyl halides is 1. The second-order valence-corrected chi connectivity index (χ2v) is 14.4. The van der Waals surface area contributed by atoms with Gasteiger partial charge >= 0.3 is 0 Å². The van der Waals surface area contributed by atoms with Gasteiger partial charge in [-0.05, 0) is 98.5 Å². The number of ether oxygens (including phenoxy) is 1. The lowest BCUT2D eigenvalue weighted by Gasteiger charge is -2.49. The van der Waals surface area contributed by atoms with Crippen molar-refractivity contribution in [2.45, 2.75) is 100 Å². The van der Waals surface area contributed by atoms with Crippen molar-refractivity contribution in [1.29, 1.82) is 0 Å². The third-order valence-corrected chi connectivity index (χ3v) is 13.9. The number of ketones is 1. The molecule has 0 aromatic carbocycles. The Balaban J connectivity index is 1.24. The van der Waals surface area contributed by atoms with Gasteiger partial charge in [0.15, 0.2) is 5.78 Å². The lowest BCUT2D eigenvalue weighted by Crippen LogP contribution is -2.55. The van der Waals surface area contributed by atoms with E-state index in [0.29, 0.717) is 32.7 Å². The number of carbonyl (C=O) groups is 1. The highest BCUT2D eigenvalue weighted by Gasteiger charge is 2.84. The Morgan fingerprint density at radius 1 is 1.16 bits per heavy atom. The Bertz CT molecular complexity index is 886. The summed E-state index contributed by atoms with van der Waals surface area (Å²) >= 11 is 2.79. The zero-order chi connectivity index (χ0) is 21.4. The SMILES string of the molecule is C[C@@H]1CN[C@H]2[C@@H](I)[C@@]3(CC[C@H]4[C@@H]5CCC6=CC(=O)CC[C@]6(C)[C@H]5CC45CC53C)O[C@@H]2C1. The minimum Gasteiger partial charge on any atom is -0.368 e. The summed E-state index contributed by atoms with van der Waals surface area (Å²) in [6.45, 7) is 8.69. The maximum absolute atomic E-state index is 12.2. The second kappa shape index (κ2) is 6.19. The average molecular weight is 536 g/mol. The summed E-state index contributed by atoms with van der Waals surface area (Å²) in [5.41, 5.74) is 2.71. The molecule has 4 saturated carbocycles. The minimum atomic E-state index is 0.0754. The van der Waals surface area contributed by atoms with Crippen molar-refractivity contribution in [2.75, 3.05) is 6.54 Å². The van der Waals surface area contributed by atoms with E-state index in [0.717, 1.165) is 43.1 Å². The van der Waals surface area contributed by atoms with Crippen LogP contribution >= 0.6 is 22.6 Å². The smallest absolute Gasteiger partial charge is 0.155 e. The molecule has 2 saturated heterocycles. The summed E-state index contributed by atoms with van der Waals surface area (Å²) < 4.78 is 7.80. The van der Waals surface area contributed by atoms with Gasteiger partial charge in [0, 0.05) is 17.9 Å². The largest absolute Gasteiger partial charge is 0.368 e. The molecule has 0 amide bonds. The first kappa shape index (κ1) is 20.4. The van der Waals surface area contributed by atoms with Crippen LogP contribution in [0.1, 0.15) is 78.6 Å². The Kier molecular flexibility index (Phi) is 4.08. The van der Waals surface area contributed by atoms with Crippen molar-refractivity contribution >= 4 is 28.4 Å². The maximum Gasteiger partial charge on any atom is 0.155 e. The molecule has 4 heteroatoms. The molecule has 0 aromatic rings. The van der Waals surface area contributed by atoms with Crippen LogP contribution in [0.2, 0.25) is 0 Å². The first-order chi connectivity index (χ1) is 14.7. The van der Waals surface area contributed by atoms with Crippen LogP contribution in [0.5, 0.6) is 0 Å². The molecule has 7 rings (SSSR count). The standard InChI is InChI=1S/C27H38INO2/c1-15-10-21-22(29-13-15)23(28)27(31-21)9-7-19-18-5-4-16-11-17(30)6-8-24(16,2)20(18)12-26(19)14-25(26,27)3/h11,15,18-23,29H,4-10,12-14H2,1-3H3/t15-,18-,19-,20-,21+,22+,23+,24-,25?,26?,27+/m0/s1. The summed E-state index contributed by atoms with van der Waals surface area (Å²) in [5, 5.41) is 3.89. The van der Waals surface area contributed by atoms with Gasteiger partial charge in [0.25, 0.3) is 0 Å². The van der Waals surface area contributed by atoms with E-state index in [2.05, 4.69) is 54.8 Å². The maximum atomic E-state index is 12.2. The molecule has 5 aliphatic carbocycles. The van der Waals surface area contributed by atoms with Gasteiger partial charge in [0.2, 0.25) is 0 Å². The van der Waals surface area contributed by atoms with E-state index in [-0.39, 0.29) is 11.0 Å². The van der Waals surface area contributed by atoms with E-state index >= 15 is 0 Å². The number of nitrogens with one attached hydrogen (secondary N) is 1. The molecule has 7 aliphatic rings. The van der Waals surface area contributed by atoms with Crippen LogP contribution < -0.4 is 5.32 Å². The second-order valence-electron chi connectivity index (χ2n) is 13.1. The topological polar surface area (TPSA) is 38.3 Å². The van der Waals surface area contributed by atoms with Gasteiger partial charge in [0.1, 0.15) is 0 Å². The molecule has 0 bridgehead atoms. The van der Waals surface area contributed by atoms with Gasteiger partial charge in [-0.25, -0.2) is 0 Å². The summed E-state index contributed by atoms with van der Waals surface area (Å²) in [5.74, 6) is 3.67. The zero-order valence-electron chi connectivity index (χ0n) is 19.4. The first-order valence-electron chi connectivity index (χ1n) is 13.0. The molecule has 6 fully saturated rings. The van der Waals surface area contributed by atoms with Gasteiger partial charge < -0.3 is 10.1 Å². The molecule has 0 aromatic heterocycles. The number of piperidine rings is 1. The minimum absolute atomic E-state index is 0.0754. The number of halogens is 1.